The Morgan fingerprint density at radius 1 is 1.08 bits per heavy atom. The maximum Gasteiger partial charge on any atom is 0.193 e. The molecule has 3 aliphatic rings. The van der Waals surface area contributed by atoms with Gasteiger partial charge in [0.2, 0.25) is 0 Å². The molecule has 25 heavy (non-hydrogen) atoms. The van der Waals surface area contributed by atoms with Crippen LogP contribution in [0.25, 0.3) is 0 Å². The van der Waals surface area contributed by atoms with Crippen molar-refractivity contribution in [3.63, 3.8) is 0 Å². The predicted molar refractivity (Wildman–Crippen MR) is 102 cm³/mol. The van der Waals surface area contributed by atoms with Gasteiger partial charge in [0.25, 0.3) is 0 Å². The van der Waals surface area contributed by atoms with Crippen LogP contribution in [0, 0.1) is 17.8 Å². The number of aliphatic imine (C=N–C) groups is 1. The molecule has 3 rings (SSSR count). The highest BCUT2D eigenvalue weighted by atomic mass is 16.5. The molecule has 3 fully saturated rings. The normalized spacial score (nSPS) is 34.6. The minimum Gasteiger partial charge on any atom is -0.375 e. The van der Waals surface area contributed by atoms with Gasteiger partial charge in [0.05, 0.1) is 12.7 Å². The van der Waals surface area contributed by atoms with Crippen LogP contribution in [0.1, 0.15) is 52.4 Å². The van der Waals surface area contributed by atoms with Crippen LogP contribution in [-0.2, 0) is 9.47 Å². The topological polar surface area (TPSA) is 46.1 Å². The Kier molecular flexibility index (Phi) is 7.00. The van der Waals surface area contributed by atoms with E-state index < -0.39 is 0 Å². The number of morpholine rings is 1. The summed E-state index contributed by atoms with van der Waals surface area (Å²) >= 11 is 0. The molecule has 1 N–H and O–H groups in total. The Morgan fingerprint density at radius 2 is 1.84 bits per heavy atom. The lowest BCUT2D eigenvalue weighted by molar-refractivity contribution is -0.0817. The molecule has 2 heterocycles. The molecule has 2 aliphatic heterocycles. The molecule has 0 aromatic heterocycles. The molecule has 0 radical (unpaired) electrons. The highest BCUT2D eigenvalue weighted by Gasteiger charge is 2.32. The van der Waals surface area contributed by atoms with Gasteiger partial charge >= 0.3 is 0 Å². The molecular formula is C20H37N3O2. The summed E-state index contributed by atoms with van der Waals surface area (Å²) in [5, 5.41) is 3.64. The Morgan fingerprint density at radius 3 is 2.48 bits per heavy atom. The molecule has 1 saturated carbocycles. The van der Waals surface area contributed by atoms with Gasteiger partial charge in [-0.1, -0.05) is 13.8 Å². The first-order valence-corrected chi connectivity index (χ1v) is 10.4. The fraction of sp³-hybridized carbons (Fsp3) is 0.950. The summed E-state index contributed by atoms with van der Waals surface area (Å²) in [5.41, 5.74) is 0. The molecule has 0 spiro atoms. The molecule has 2 saturated heterocycles. The first-order chi connectivity index (χ1) is 12.2. The van der Waals surface area contributed by atoms with Gasteiger partial charge in [-0.15, -0.1) is 0 Å². The minimum absolute atomic E-state index is 0.191. The number of ether oxygens (including phenoxy) is 2. The number of guanidine groups is 1. The average Bonchev–Trinajstić information content (AvgIpc) is 3.18. The maximum absolute atomic E-state index is 5.97. The quantitative estimate of drug-likeness (QED) is 0.625. The summed E-state index contributed by atoms with van der Waals surface area (Å²) in [6.45, 7) is 9.26. The van der Waals surface area contributed by atoms with E-state index in [-0.39, 0.29) is 12.2 Å². The summed E-state index contributed by atoms with van der Waals surface area (Å²) in [6, 6.07) is 0. The van der Waals surface area contributed by atoms with E-state index in [4.69, 9.17) is 9.47 Å². The smallest absolute Gasteiger partial charge is 0.193 e. The standard InChI is InChI=1S/C20H37N3O2/c1-15(2)17-8-6-16(7-9-17)13-22-20(21-3)23-10-12-25-19(14-23)18-5-4-11-24-18/h15-19H,4-14H2,1-3H3,(H,21,22). The van der Waals surface area contributed by atoms with E-state index in [1.165, 1.54) is 25.7 Å². The third-order valence-corrected chi connectivity index (χ3v) is 6.37. The lowest BCUT2D eigenvalue weighted by Crippen LogP contribution is -2.53. The molecule has 2 unspecified atom stereocenters. The maximum atomic E-state index is 5.97. The van der Waals surface area contributed by atoms with E-state index in [0.717, 1.165) is 69.4 Å². The molecular weight excluding hydrogens is 314 g/mol. The zero-order valence-corrected chi connectivity index (χ0v) is 16.4. The Balaban J connectivity index is 1.44. The fourth-order valence-electron chi connectivity index (χ4n) is 4.62. The molecule has 0 bridgehead atoms. The first-order valence-electron chi connectivity index (χ1n) is 10.4. The van der Waals surface area contributed by atoms with Crippen molar-refractivity contribution in [2.45, 2.75) is 64.6 Å². The highest BCUT2D eigenvalue weighted by molar-refractivity contribution is 5.80. The third kappa shape index (κ3) is 5.10. The van der Waals surface area contributed by atoms with Gasteiger partial charge in [-0.2, -0.15) is 0 Å². The summed E-state index contributed by atoms with van der Waals surface area (Å²) in [6.07, 6.45) is 8.24. The van der Waals surface area contributed by atoms with Crippen molar-refractivity contribution in [3.05, 3.63) is 0 Å². The predicted octanol–water partition coefficient (Wildman–Crippen LogP) is 2.90. The summed E-state index contributed by atoms with van der Waals surface area (Å²) in [7, 11) is 1.90. The molecule has 5 heteroatoms. The van der Waals surface area contributed by atoms with Gasteiger partial charge in [-0.25, -0.2) is 0 Å². The second-order valence-corrected chi connectivity index (χ2v) is 8.36. The van der Waals surface area contributed by atoms with Gasteiger partial charge < -0.3 is 19.7 Å². The van der Waals surface area contributed by atoms with Crippen LogP contribution in [-0.4, -0.2) is 63.0 Å². The summed E-state index contributed by atoms with van der Waals surface area (Å²) in [5.74, 6) is 3.60. The van der Waals surface area contributed by atoms with Crippen molar-refractivity contribution in [2.24, 2.45) is 22.7 Å². The zero-order chi connectivity index (χ0) is 17.6. The van der Waals surface area contributed by atoms with Crippen molar-refractivity contribution in [2.75, 3.05) is 39.9 Å². The SMILES string of the molecule is CN=C(NCC1CCC(C(C)C)CC1)N1CCOC(C2CCCO2)C1. The van der Waals surface area contributed by atoms with Crippen LogP contribution in [0.5, 0.6) is 0 Å². The Labute approximate surface area is 153 Å². The number of hydrogen-bond acceptors (Lipinski definition) is 3. The van der Waals surface area contributed by atoms with Crippen LogP contribution >= 0.6 is 0 Å². The number of rotatable bonds is 4. The van der Waals surface area contributed by atoms with Crippen molar-refractivity contribution in [3.8, 4) is 0 Å². The van der Waals surface area contributed by atoms with E-state index in [0.29, 0.717) is 0 Å². The van der Waals surface area contributed by atoms with Crippen LogP contribution in [0.3, 0.4) is 0 Å². The van der Waals surface area contributed by atoms with Gasteiger partial charge in [-0.05, 0) is 56.3 Å². The van der Waals surface area contributed by atoms with E-state index in [1.54, 1.807) is 0 Å². The van der Waals surface area contributed by atoms with E-state index in [1.807, 2.05) is 7.05 Å². The molecule has 1 aliphatic carbocycles. The van der Waals surface area contributed by atoms with Crippen LogP contribution in [0.4, 0.5) is 0 Å². The Bertz CT molecular complexity index is 427. The first kappa shape index (κ1) is 19.0. The lowest BCUT2D eigenvalue weighted by Gasteiger charge is -2.38. The molecule has 144 valence electrons. The molecule has 0 amide bonds. The molecule has 0 aromatic carbocycles. The van der Waals surface area contributed by atoms with Crippen LogP contribution in [0.2, 0.25) is 0 Å². The van der Waals surface area contributed by atoms with Crippen molar-refractivity contribution in [1.29, 1.82) is 0 Å². The second kappa shape index (κ2) is 9.22. The van der Waals surface area contributed by atoms with Gasteiger partial charge in [-0.3, -0.25) is 4.99 Å². The molecule has 0 aromatic rings. The van der Waals surface area contributed by atoms with E-state index >= 15 is 0 Å². The zero-order valence-electron chi connectivity index (χ0n) is 16.4. The minimum atomic E-state index is 0.191. The van der Waals surface area contributed by atoms with Crippen LogP contribution < -0.4 is 5.32 Å². The number of nitrogens with one attached hydrogen (secondary N) is 1. The largest absolute Gasteiger partial charge is 0.375 e. The van der Waals surface area contributed by atoms with Gasteiger partial charge in [0.1, 0.15) is 6.10 Å². The van der Waals surface area contributed by atoms with Gasteiger partial charge in [0.15, 0.2) is 5.96 Å². The third-order valence-electron chi connectivity index (χ3n) is 6.37. The summed E-state index contributed by atoms with van der Waals surface area (Å²) in [4.78, 5) is 6.89. The van der Waals surface area contributed by atoms with E-state index in [9.17, 15) is 0 Å². The second-order valence-electron chi connectivity index (χ2n) is 8.36. The number of hydrogen-bond donors (Lipinski definition) is 1. The Hall–Kier alpha value is -0.810. The lowest BCUT2D eigenvalue weighted by atomic mass is 9.77. The monoisotopic (exact) mass is 351 g/mol. The number of nitrogens with zero attached hydrogens (tertiary/aromatic N) is 2. The highest BCUT2D eigenvalue weighted by Crippen LogP contribution is 2.32. The van der Waals surface area contributed by atoms with Crippen LogP contribution in [0.15, 0.2) is 4.99 Å². The van der Waals surface area contributed by atoms with Crippen molar-refractivity contribution < 1.29 is 9.47 Å². The fourth-order valence-corrected chi connectivity index (χ4v) is 4.62. The summed E-state index contributed by atoms with van der Waals surface area (Å²) < 4.78 is 11.8. The van der Waals surface area contributed by atoms with Gasteiger partial charge in [0, 0.05) is 33.3 Å². The molecule has 5 nitrogen and oxygen atoms in total. The van der Waals surface area contributed by atoms with E-state index in [2.05, 4.69) is 29.1 Å². The van der Waals surface area contributed by atoms with Crippen molar-refractivity contribution >= 4 is 5.96 Å². The molecule has 2 atom stereocenters. The average molecular weight is 352 g/mol. The van der Waals surface area contributed by atoms with Crippen molar-refractivity contribution in [1.82, 2.24) is 10.2 Å².